The van der Waals surface area contributed by atoms with Gasteiger partial charge in [0.25, 0.3) is 11.8 Å². The van der Waals surface area contributed by atoms with Gasteiger partial charge in [0.15, 0.2) is 0 Å². The summed E-state index contributed by atoms with van der Waals surface area (Å²) < 4.78 is 0. The minimum Gasteiger partial charge on any atom is -0.339 e. The second-order valence-corrected chi connectivity index (χ2v) is 7.59. The van der Waals surface area contributed by atoms with Crippen molar-refractivity contribution in [2.45, 2.75) is 24.9 Å². The Hall–Kier alpha value is -3.27. The van der Waals surface area contributed by atoms with Gasteiger partial charge in [0.2, 0.25) is 5.91 Å². The molecule has 164 valence electrons. The van der Waals surface area contributed by atoms with Crippen LogP contribution >= 0.6 is 0 Å². The predicted molar refractivity (Wildman–Crippen MR) is 116 cm³/mol. The summed E-state index contributed by atoms with van der Waals surface area (Å²) in [4.78, 5) is 37.9. The van der Waals surface area contributed by atoms with Gasteiger partial charge in [-0.3, -0.25) is 24.5 Å². The van der Waals surface area contributed by atoms with E-state index in [2.05, 4.69) is 15.5 Å². The minimum absolute atomic E-state index is 0.0387. The maximum Gasteiger partial charge on any atom is 0.267 e. The minimum atomic E-state index is -1.02. The van der Waals surface area contributed by atoms with E-state index in [-0.39, 0.29) is 12.5 Å². The number of anilines is 1. The maximum atomic E-state index is 12.3. The molecule has 1 aliphatic carbocycles. The summed E-state index contributed by atoms with van der Waals surface area (Å²) in [6, 6.07) is 13.8. The summed E-state index contributed by atoms with van der Waals surface area (Å²) >= 11 is 0. The third-order valence-electron chi connectivity index (χ3n) is 5.18. The van der Waals surface area contributed by atoms with Gasteiger partial charge < -0.3 is 16.4 Å². The van der Waals surface area contributed by atoms with Crippen LogP contribution in [-0.4, -0.2) is 60.0 Å². The van der Waals surface area contributed by atoms with Crippen LogP contribution in [0.15, 0.2) is 48.5 Å². The molecule has 1 atom stereocenters. The molecule has 31 heavy (non-hydrogen) atoms. The average molecular weight is 425 g/mol. The molecule has 0 aliphatic heterocycles. The Morgan fingerprint density at radius 3 is 2.16 bits per heavy atom. The van der Waals surface area contributed by atoms with Crippen LogP contribution in [0.2, 0.25) is 0 Å². The molecule has 1 saturated carbocycles. The van der Waals surface area contributed by atoms with Gasteiger partial charge in [0, 0.05) is 23.8 Å². The van der Waals surface area contributed by atoms with Crippen LogP contribution in [0.4, 0.5) is 5.69 Å². The molecule has 0 aromatic heterocycles. The Morgan fingerprint density at radius 1 is 1.06 bits per heavy atom. The lowest BCUT2D eigenvalue weighted by molar-refractivity contribution is -0.130. The van der Waals surface area contributed by atoms with Crippen LogP contribution in [0.25, 0.3) is 11.1 Å². The van der Waals surface area contributed by atoms with E-state index in [1.54, 1.807) is 24.3 Å². The van der Waals surface area contributed by atoms with E-state index in [0.717, 1.165) is 29.7 Å². The first-order valence-corrected chi connectivity index (χ1v) is 10.1. The fourth-order valence-corrected chi connectivity index (χ4v) is 3.18. The molecule has 2 aromatic carbocycles. The number of benzene rings is 2. The van der Waals surface area contributed by atoms with E-state index in [4.69, 9.17) is 10.9 Å². The van der Waals surface area contributed by atoms with Gasteiger partial charge in [-0.1, -0.05) is 24.3 Å². The van der Waals surface area contributed by atoms with E-state index >= 15 is 0 Å². The first-order chi connectivity index (χ1) is 14.9. The van der Waals surface area contributed by atoms with Gasteiger partial charge in [-0.15, -0.1) is 0 Å². The standard InChI is InChI=1S/C22H27N5O4/c1-27(18-10-11-18)13-20(28)24-17-8-6-15(7-9-17)14-2-4-16(5-3-14)21(29)25-19(12-23)22(30)26-31/h2-9,18-19,31H,10-13,23H2,1H3,(H,24,28)(H,25,29)(H,26,30)/t19-/m0/s1. The van der Waals surface area contributed by atoms with E-state index in [0.29, 0.717) is 18.2 Å². The highest BCUT2D eigenvalue weighted by Gasteiger charge is 2.27. The van der Waals surface area contributed by atoms with Crippen molar-refractivity contribution in [3.63, 3.8) is 0 Å². The molecule has 0 bridgehead atoms. The summed E-state index contributed by atoms with van der Waals surface area (Å²) in [6.45, 7) is 0.233. The number of hydroxylamine groups is 1. The Morgan fingerprint density at radius 2 is 1.65 bits per heavy atom. The maximum absolute atomic E-state index is 12.3. The molecule has 0 spiro atoms. The number of carbonyl (C=O) groups is 3. The SMILES string of the molecule is CN(CC(=O)Nc1ccc(-c2ccc(C(=O)N[C@@H](CN)C(=O)NO)cc2)cc1)C1CC1. The van der Waals surface area contributed by atoms with Crippen LogP contribution in [0.1, 0.15) is 23.2 Å². The van der Waals surface area contributed by atoms with Gasteiger partial charge in [-0.05, 0) is 55.3 Å². The monoisotopic (exact) mass is 425 g/mol. The summed E-state index contributed by atoms with van der Waals surface area (Å²) in [5, 5.41) is 14.0. The second kappa shape index (κ2) is 10.2. The van der Waals surface area contributed by atoms with Crippen molar-refractivity contribution >= 4 is 23.4 Å². The van der Waals surface area contributed by atoms with Gasteiger partial charge in [0.1, 0.15) is 6.04 Å². The number of nitrogens with one attached hydrogen (secondary N) is 3. The number of carbonyl (C=O) groups excluding carboxylic acids is 3. The Bertz CT molecular complexity index is 926. The number of amides is 3. The smallest absolute Gasteiger partial charge is 0.267 e. The van der Waals surface area contributed by atoms with Gasteiger partial charge >= 0.3 is 0 Å². The normalized spacial score (nSPS) is 14.1. The topological polar surface area (TPSA) is 137 Å². The number of rotatable bonds is 9. The molecule has 0 saturated heterocycles. The molecule has 3 rings (SSSR count). The molecule has 1 aliphatic rings. The average Bonchev–Trinajstić information content (AvgIpc) is 3.63. The van der Waals surface area contributed by atoms with Crippen LogP contribution in [0.5, 0.6) is 0 Å². The molecule has 6 N–H and O–H groups in total. The second-order valence-electron chi connectivity index (χ2n) is 7.59. The number of hydrogen-bond donors (Lipinski definition) is 5. The van der Waals surface area contributed by atoms with Crippen molar-refractivity contribution in [1.29, 1.82) is 0 Å². The van der Waals surface area contributed by atoms with Gasteiger partial charge in [0.05, 0.1) is 6.54 Å². The predicted octanol–water partition coefficient (Wildman–Crippen LogP) is 0.949. The Balaban J connectivity index is 1.58. The van der Waals surface area contributed by atoms with Crippen molar-refractivity contribution in [2.75, 3.05) is 25.5 Å². The molecule has 0 unspecified atom stereocenters. The lowest BCUT2D eigenvalue weighted by Crippen LogP contribution is -2.50. The third kappa shape index (κ3) is 6.11. The van der Waals surface area contributed by atoms with E-state index in [1.807, 2.05) is 31.3 Å². The summed E-state index contributed by atoms with van der Waals surface area (Å²) in [5.74, 6) is -1.29. The zero-order chi connectivity index (χ0) is 22.4. The van der Waals surface area contributed by atoms with Gasteiger partial charge in [-0.25, -0.2) is 5.48 Å². The number of nitrogens with zero attached hydrogens (tertiary/aromatic N) is 1. The van der Waals surface area contributed by atoms with Crippen LogP contribution in [0, 0.1) is 0 Å². The van der Waals surface area contributed by atoms with Crippen molar-refractivity contribution in [1.82, 2.24) is 15.7 Å². The Kier molecular flexibility index (Phi) is 7.35. The van der Waals surface area contributed by atoms with Crippen molar-refractivity contribution in [2.24, 2.45) is 5.73 Å². The lowest BCUT2D eigenvalue weighted by Gasteiger charge is -2.15. The van der Waals surface area contributed by atoms with Crippen LogP contribution in [-0.2, 0) is 9.59 Å². The highest BCUT2D eigenvalue weighted by atomic mass is 16.5. The van der Waals surface area contributed by atoms with E-state index < -0.39 is 17.9 Å². The number of nitrogens with two attached hydrogens (primary N) is 1. The molecular weight excluding hydrogens is 398 g/mol. The molecule has 9 nitrogen and oxygen atoms in total. The first-order valence-electron chi connectivity index (χ1n) is 10.1. The van der Waals surface area contributed by atoms with Crippen LogP contribution < -0.4 is 21.8 Å². The fraction of sp³-hybridized carbons (Fsp3) is 0.318. The molecular formula is C22H27N5O4. The molecule has 1 fully saturated rings. The summed E-state index contributed by atoms with van der Waals surface area (Å²) in [6.07, 6.45) is 2.31. The Labute approximate surface area is 180 Å². The van der Waals surface area contributed by atoms with Crippen LogP contribution in [0.3, 0.4) is 0 Å². The largest absolute Gasteiger partial charge is 0.339 e. The third-order valence-corrected chi connectivity index (χ3v) is 5.18. The molecule has 9 heteroatoms. The van der Waals surface area contributed by atoms with Crippen molar-refractivity contribution in [3.8, 4) is 11.1 Å². The number of hydrogen-bond acceptors (Lipinski definition) is 6. The van der Waals surface area contributed by atoms with Gasteiger partial charge in [-0.2, -0.15) is 0 Å². The van der Waals surface area contributed by atoms with Crippen molar-refractivity contribution in [3.05, 3.63) is 54.1 Å². The summed E-state index contributed by atoms with van der Waals surface area (Å²) in [7, 11) is 1.96. The van der Waals surface area contributed by atoms with E-state index in [9.17, 15) is 14.4 Å². The molecule has 0 heterocycles. The highest BCUT2D eigenvalue weighted by Crippen LogP contribution is 2.25. The molecule has 3 amide bonds. The first kappa shape index (κ1) is 22.4. The van der Waals surface area contributed by atoms with E-state index in [1.165, 1.54) is 5.48 Å². The zero-order valence-electron chi connectivity index (χ0n) is 17.3. The quantitative estimate of drug-likeness (QED) is 0.300. The highest BCUT2D eigenvalue weighted by molar-refractivity contribution is 5.98. The zero-order valence-corrected chi connectivity index (χ0v) is 17.3. The molecule has 0 radical (unpaired) electrons. The molecule has 2 aromatic rings. The number of likely N-dealkylation sites (N-methyl/N-ethyl adjacent to an activating group) is 1. The summed E-state index contributed by atoms with van der Waals surface area (Å²) in [5.41, 5.74) is 9.83. The lowest BCUT2D eigenvalue weighted by atomic mass is 10.0. The fourth-order valence-electron chi connectivity index (χ4n) is 3.18. The van der Waals surface area contributed by atoms with Crippen molar-refractivity contribution < 1.29 is 19.6 Å².